The highest BCUT2D eigenvalue weighted by atomic mass is 32.2. The summed E-state index contributed by atoms with van der Waals surface area (Å²) < 4.78 is 22.8. The molecule has 0 aliphatic carbocycles. The van der Waals surface area contributed by atoms with Crippen molar-refractivity contribution < 1.29 is 13.5 Å². The van der Waals surface area contributed by atoms with E-state index in [0.717, 1.165) is 0 Å². The molecule has 1 aromatic carbocycles. The number of aliphatic hydroxyl groups excluding tert-OH is 1. The largest absolute Gasteiger partial charge is 0.395 e. The van der Waals surface area contributed by atoms with Gasteiger partial charge in [-0.25, -0.2) is 8.42 Å². The second-order valence-electron chi connectivity index (χ2n) is 2.64. The summed E-state index contributed by atoms with van der Waals surface area (Å²) in [6.45, 7) is -0.408. The van der Waals surface area contributed by atoms with Crippen LogP contribution in [0.4, 0.5) is 5.69 Å². The topological polar surface area (TPSA) is 82.5 Å². The molecule has 0 aliphatic rings. The maximum Gasteiger partial charge on any atom is 0.385 e. The van der Waals surface area contributed by atoms with Crippen LogP contribution >= 0.6 is 0 Å². The fourth-order valence-corrected chi connectivity index (χ4v) is 1.98. The van der Waals surface area contributed by atoms with Gasteiger partial charge in [-0.1, -0.05) is 0 Å². The summed E-state index contributed by atoms with van der Waals surface area (Å²) in [6, 6.07) is 5.43. The highest BCUT2D eigenvalue weighted by Gasteiger charge is 2.14. The van der Waals surface area contributed by atoms with Crippen molar-refractivity contribution >= 4 is 15.5 Å². The van der Waals surface area contributed by atoms with Crippen LogP contribution in [0.15, 0.2) is 29.2 Å². The summed E-state index contributed by atoms with van der Waals surface area (Å²) in [6.07, 6.45) is 0. The van der Waals surface area contributed by atoms with Gasteiger partial charge in [0.15, 0.2) is 14.8 Å². The molecular weight excluding hydrogens is 204 g/mol. The number of sulfone groups is 1. The Balaban J connectivity index is 3.05. The van der Waals surface area contributed by atoms with Gasteiger partial charge in [0, 0.05) is 12.1 Å². The molecule has 0 saturated carbocycles. The van der Waals surface area contributed by atoms with Gasteiger partial charge in [0.1, 0.15) is 0 Å². The van der Waals surface area contributed by atoms with E-state index in [-0.39, 0.29) is 16.3 Å². The zero-order chi connectivity index (χ0) is 10.6. The van der Waals surface area contributed by atoms with E-state index < -0.39 is 16.4 Å². The molecule has 14 heavy (non-hydrogen) atoms. The molecule has 1 N–H and O–H groups in total. The molecule has 5 nitrogen and oxygen atoms in total. The van der Waals surface area contributed by atoms with Crippen LogP contribution in [0.25, 0.3) is 4.98 Å². The van der Waals surface area contributed by atoms with Crippen molar-refractivity contribution in [2.24, 2.45) is 0 Å². The minimum atomic E-state index is -3.41. The van der Waals surface area contributed by atoms with Gasteiger partial charge in [-0.3, -0.25) is 0 Å². The van der Waals surface area contributed by atoms with E-state index in [9.17, 15) is 8.42 Å². The Hall–Kier alpha value is -1.45. The molecule has 1 aromatic rings. The molecule has 0 radical (unpaired) electrons. The zero-order valence-electron chi connectivity index (χ0n) is 7.29. The van der Waals surface area contributed by atoms with E-state index in [1.54, 1.807) is 0 Å². The normalized spacial score (nSPS) is 10.9. The smallest absolute Gasteiger partial charge is 0.385 e. The quantitative estimate of drug-likeness (QED) is 0.757. The third-order valence-corrected chi connectivity index (χ3v) is 3.38. The molecule has 0 aliphatic heterocycles. The van der Waals surface area contributed by atoms with Crippen LogP contribution in [0.1, 0.15) is 0 Å². The van der Waals surface area contributed by atoms with Crippen LogP contribution in [0.5, 0.6) is 0 Å². The van der Waals surface area contributed by atoms with Crippen molar-refractivity contribution in [3.8, 4) is 0 Å². The zero-order valence-corrected chi connectivity index (χ0v) is 8.11. The van der Waals surface area contributed by atoms with Crippen molar-refractivity contribution in [1.82, 2.24) is 0 Å². The lowest BCUT2D eigenvalue weighted by Gasteiger charge is -1.99. The van der Waals surface area contributed by atoms with Gasteiger partial charge in [-0.2, -0.15) is 0 Å². The van der Waals surface area contributed by atoms with E-state index in [4.69, 9.17) is 10.5 Å². The predicted octanol–water partition coefficient (Wildman–Crippen LogP) is 0.937. The Bertz CT molecular complexity index is 444. The molecule has 0 spiro atoms. The van der Waals surface area contributed by atoms with E-state index in [1.165, 1.54) is 24.3 Å². The average molecular weight is 213 g/mol. The second-order valence-corrected chi connectivity index (χ2v) is 4.75. The van der Waals surface area contributed by atoms with Crippen LogP contribution < -0.4 is 0 Å². The first-order valence-electron chi connectivity index (χ1n) is 3.89. The van der Waals surface area contributed by atoms with Crippen LogP contribution in [-0.2, 0) is 9.84 Å². The summed E-state index contributed by atoms with van der Waals surface area (Å²) in [5.74, 6) is -0.303. The Morgan fingerprint density at radius 1 is 1.29 bits per heavy atom. The summed E-state index contributed by atoms with van der Waals surface area (Å²) in [5, 5.41) is 16.9. The van der Waals surface area contributed by atoms with Gasteiger partial charge in [0.2, 0.25) is 5.39 Å². The van der Waals surface area contributed by atoms with Crippen molar-refractivity contribution in [2.75, 3.05) is 12.4 Å². The maximum absolute atomic E-state index is 11.4. The first-order valence-corrected chi connectivity index (χ1v) is 5.54. The van der Waals surface area contributed by atoms with Crippen LogP contribution in [0, 0.1) is 5.39 Å². The Morgan fingerprint density at radius 2 is 1.86 bits per heavy atom. The highest BCUT2D eigenvalue weighted by molar-refractivity contribution is 7.91. The molecule has 0 amide bonds. The Kier molecular flexibility index (Phi) is 3.17. The van der Waals surface area contributed by atoms with E-state index >= 15 is 0 Å². The van der Waals surface area contributed by atoms with Crippen molar-refractivity contribution in [3.05, 3.63) is 29.2 Å². The minimum absolute atomic E-state index is 0.110. The fraction of sp³-hybridized carbons (Fsp3) is 0.250. The molecule has 0 bridgehead atoms. The standard InChI is InChI=1S/C8H9N2O3S/c9-10-7-1-3-8(4-2-7)14(12,13)6-5-11/h1-4,11H,5-6H2/q+1. The molecular formula is C8H9N2O3S+. The number of rotatable bonds is 3. The van der Waals surface area contributed by atoms with Crippen LogP contribution in [-0.4, -0.2) is 25.9 Å². The lowest BCUT2D eigenvalue weighted by atomic mass is 10.3. The lowest BCUT2D eigenvalue weighted by Crippen LogP contribution is -2.09. The Morgan fingerprint density at radius 3 is 2.29 bits per heavy atom. The van der Waals surface area contributed by atoms with Gasteiger partial charge in [-0.15, -0.1) is 0 Å². The van der Waals surface area contributed by atoms with E-state index in [2.05, 4.69) is 4.98 Å². The second kappa shape index (κ2) is 4.17. The molecule has 0 heterocycles. The van der Waals surface area contributed by atoms with Gasteiger partial charge in [-0.05, 0) is 12.1 Å². The minimum Gasteiger partial charge on any atom is -0.395 e. The third-order valence-electron chi connectivity index (χ3n) is 1.67. The molecule has 0 unspecified atom stereocenters. The van der Waals surface area contributed by atoms with Gasteiger partial charge < -0.3 is 5.11 Å². The molecule has 0 saturated heterocycles. The van der Waals surface area contributed by atoms with Crippen LogP contribution in [0.3, 0.4) is 0 Å². The first kappa shape index (κ1) is 10.6. The number of aliphatic hydroxyl groups is 1. The number of diazo groups is 1. The fourth-order valence-electron chi connectivity index (χ4n) is 0.958. The van der Waals surface area contributed by atoms with Gasteiger partial charge >= 0.3 is 5.69 Å². The van der Waals surface area contributed by atoms with Crippen molar-refractivity contribution in [3.63, 3.8) is 0 Å². The third kappa shape index (κ3) is 2.28. The van der Waals surface area contributed by atoms with Crippen LogP contribution in [0.2, 0.25) is 0 Å². The van der Waals surface area contributed by atoms with Gasteiger partial charge in [0.05, 0.1) is 17.3 Å². The van der Waals surface area contributed by atoms with Crippen molar-refractivity contribution in [2.45, 2.75) is 4.90 Å². The Labute approximate surface area is 81.5 Å². The SMILES string of the molecule is N#[N+]c1ccc(S(=O)(=O)CCO)cc1. The summed E-state index contributed by atoms with van der Waals surface area (Å²) >= 11 is 0. The molecule has 1 rings (SSSR count). The number of hydrogen-bond donors (Lipinski definition) is 1. The average Bonchev–Trinajstić information content (AvgIpc) is 2.18. The predicted molar refractivity (Wildman–Crippen MR) is 50.3 cm³/mol. The maximum atomic E-state index is 11.4. The molecule has 6 heteroatoms. The highest BCUT2D eigenvalue weighted by Crippen LogP contribution is 2.16. The molecule has 0 aromatic heterocycles. The molecule has 0 atom stereocenters. The summed E-state index contributed by atoms with van der Waals surface area (Å²) in [4.78, 5) is 3.01. The number of nitrogens with zero attached hydrogens (tertiary/aromatic N) is 2. The number of hydrogen-bond acceptors (Lipinski definition) is 4. The van der Waals surface area contributed by atoms with Gasteiger partial charge in [0.25, 0.3) is 0 Å². The van der Waals surface area contributed by atoms with E-state index in [0.29, 0.717) is 0 Å². The first-order chi connectivity index (χ1) is 6.60. The number of benzene rings is 1. The molecule has 74 valence electrons. The summed E-state index contributed by atoms with van der Waals surface area (Å²) in [7, 11) is -3.41. The lowest BCUT2D eigenvalue weighted by molar-refractivity contribution is 0.319. The van der Waals surface area contributed by atoms with E-state index in [1.807, 2.05) is 0 Å². The monoisotopic (exact) mass is 213 g/mol. The molecule has 0 fully saturated rings. The van der Waals surface area contributed by atoms with Crippen molar-refractivity contribution in [1.29, 1.82) is 5.39 Å². The summed E-state index contributed by atoms with van der Waals surface area (Å²) in [5.41, 5.74) is 0.285.